The molecule has 0 bridgehead atoms. The number of ether oxygens (including phenoxy) is 1. The number of anilines is 1. The molecule has 168 valence electrons. The van der Waals surface area contributed by atoms with Crippen molar-refractivity contribution in [1.29, 1.82) is 0 Å². The number of benzene rings is 2. The summed E-state index contributed by atoms with van der Waals surface area (Å²) in [7, 11) is 1.59. The van der Waals surface area contributed by atoms with Crippen molar-refractivity contribution < 1.29 is 14.3 Å². The van der Waals surface area contributed by atoms with E-state index in [-0.39, 0.29) is 17.6 Å². The van der Waals surface area contributed by atoms with Crippen molar-refractivity contribution in [2.75, 3.05) is 18.2 Å². The lowest BCUT2D eigenvalue weighted by molar-refractivity contribution is -0.113. The van der Waals surface area contributed by atoms with Crippen molar-refractivity contribution in [3.63, 3.8) is 0 Å². The summed E-state index contributed by atoms with van der Waals surface area (Å²) in [4.78, 5) is 24.9. The van der Waals surface area contributed by atoms with E-state index in [2.05, 4.69) is 20.8 Å². The lowest BCUT2D eigenvalue weighted by Crippen LogP contribution is -2.29. The van der Waals surface area contributed by atoms with E-state index in [1.807, 2.05) is 18.4 Å². The molecule has 1 heterocycles. The average molecular weight is 474 g/mol. The van der Waals surface area contributed by atoms with Crippen LogP contribution in [0.25, 0.3) is 0 Å². The highest BCUT2D eigenvalue weighted by molar-refractivity contribution is 7.99. The number of aromatic nitrogens is 3. The van der Waals surface area contributed by atoms with E-state index in [1.165, 1.54) is 11.8 Å². The molecule has 0 fully saturated rings. The fourth-order valence-electron chi connectivity index (χ4n) is 3.01. The van der Waals surface area contributed by atoms with Gasteiger partial charge < -0.3 is 19.9 Å². The van der Waals surface area contributed by atoms with E-state index in [0.717, 1.165) is 5.75 Å². The standard InChI is InChI=1S/C22H24ClN5O3S/c1-4-28-20(14(2)24-21(30)17-7-5-6-8-18(17)23)26-27-22(28)32-13-19(29)25-15-9-11-16(31-3)12-10-15/h5-12,14H,4,13H2,1-3H3,(H,24,30)(H,25,29)/t14-/m0/s1. The molecule has 2 aromatic carbocycles. The molecule has 3 rings (SSSR count). The number of carbonyl (C=O) groups excluding carboxylic acids is 2. The van der Waals surface area contributed by atoms with Crippen molar-refractivity contribution >= 4 is 40.9 Å². The van der Waals surface area contributed by atoms with Crippen LogP contribution in [-0.2, 0) is 11.3 Å². The molecule has 0 spiro atoms. The number of halogens is 1. The molecule has 1 atom stereocenters. The second-order valence-electron chi connectivity index (χ2n) is 6.83. The van der Waals surface area contributed by atoms with Crippen molar-refractivity contribution in [2.45, 2.75) is 31.6 Å². The molecule has 8 nitrogen and oxygen atoms in total. The largest absolute Gasteiger partial charge is 0.497 e. The molecule has 10 heteroatoms. The van der Waals surface area contributed by atoms with Crippen LogP contribution >= 0.6 is 23.4 Å². The second kappa shape index (κ2) is 11.0. The van der Waals surface area contributed by atoms with Gasteiger partial charge in [-0.3, -0.25) is 9.59 Å². The maximum absolute atomic E-state index is 12.6. The first-order valence-corrected chi connectivity index (χ1v) is 11.3. The number of nitrogens with zero attached hydrogens (tertiary/aromatic N) is 3. The molecule has 3 aromatic rings. The van der Waals surface area contributed by atoms with Gasteiger partial charge in [0.2, 0.25) is 5.91 Å². The number of methoxy groups -OCH3 is 1. The first kappa shape index (κ1) is 23.6. The smallest absolute Gasteiger partial charge is 0.253 e. The summed E-state index contributed by atoms with van der Waals surface area (Å²) in [6.07, 6.45) is 0. The van der Waals surface area contributed by atoms with E-state index in [1.54, 1.807) is 55.6 Å². The zero-order valence-electron chi connectivity index (χ0n) is 18.0. The van der Waals surface area contributed by atoms with Crippen LogP contribution in [0.15, 0.2) is 53.7 Å². The predicted molar refractivity (Wildman–Crippen MR) is 125 cm³/mol. The highest BCUT2D eigenvalue weighted by Gasteiger charge is 2.21. The average Bonchev–Trinajstić information content (AvgIpc) is 3.21. The van der Waals surface area contributed by atoms with Gasteiger partial charge in [-0.1, -0.05) is 35.5 Å². The molecule has 2 amide bonds. The molecule has 0 saturated carbocycles. The minimum absolute atomic E-state index is 0.160. The number of carbonyl (C=O) groups is 2. The van der Waals surface area contributed by atoms with Crippen LogP contribution in [0.1, 0.15) is 36.1 Å². The van der Waals surface area contributed by atoms with Gasteiger partial charge in [0, 0.05) is 12.2 Å². The number of nitrogens with one attached hydrogen (secondary N) is 2. The summed E-state index contributed by atoms with van der Waals surface area (Å²) in [5, 5.41) is 15.2. The molecule has 0 aliphatic heterocycles. The molecule has 32 heavy (non-hydrogen) atoms. The maximum Gasteiger partial charge on any atom is 0.253 e. The minimum Gasteiger partial charge on any atom is -0.497 e. The van der Waals surface area contributed by atoms with Gasteiger partial charge in [0.05, 0.1) is 29.5 Å². The molecule has 0 aliphatic carbocycles. The van der Waals surface area contributed by atoms with Gasteiger partial charge in [-0.25, -0.2) is 0 Å². The predicted octanol–water partition coefficient (Wildman–Crippen LogP) is 4.18. The van der Waals surface area contributed by atoms with Crippen LogP contribution in [-0.4, -0.2) is 39.4 Å². The molecule has 0 aliphatic rings. The SMILES string of the molecule is CCn1c(SCC(=O)Nc2ccc(OC)cc2)nnc1[C@H](C)NC(=O)c1ccccc1Cl. The topological polar surface area (TPSA) is 98.1 Å². The van der Waals surface area contributed by atoms with Gasteiger partial charge in [-0.2, -0.15) is 0 Å². The Balaban J connectivity index is 1.61. The highest BCUT2D eigenvalue weighted by atomic mass is 35.5. The van der Waals surface area contributed by atoms with Crippen molar-refractivity contribution in [3.05, 3.63) is 64.9 Å². The van der Waals surface area contributed by atoms with Crippen LogP contribution in [0.2, 0.25) is 5.02 Å². The Morgan fingerprint density at radius 2 is 1.88 bits per heavy atom. The van der Waals surface area contributed by atoms with Crippen LogP contribution in [0.4, 0.5) is 5.69 Å². The Hall–Kier alpha value is -3.04. The maximum atomic E-state index is 12.6. The summed E-state index contributed by atoms with van der Waals surface area (Å²) in [6, 6.07) is 13.6. The minimum atomic E-state index is -0.395. The van der Waals surface area contributed by atoms with Crippen LogP contribution < -0.4 is 15.4 Å². The van der Waals surface area contributed by atoms with Gasteiger partial charge in [0.1, 0.15) is 5.75 Å². The highest BCUT2D eigenvalue weighted by Crippen LogP contribution is 2.22. The summed E-state index contributed by atoms with van der Waals surface area (Å²) in [5.74, 6) is 1.04. The van der Waals surface area contributed by atoms with Gasteiger partial charge in [-0.15, -0.1) is 10.2 Å². The molecule has 0 radical (unpaired) electrons. The zero-order valence-corrected chi connectivity index (χ0v) is 19.5. The molecule has 1 aromatic heterocycles. The van der Waals surface area contributed by atoms with Crippen LogP contribution in [0.3, 0.4) is 0 Å². The Bertz CT molecular complexity index is 1090. The quantitative estimate of drug-likeness (QED) is 0.452. The zero-order chi connectivity index (χ0) is 23.1. The number of hydrogen-bond donors (Lipinski definition) is 2. The van der Waals surface area contributed by atoms with Gasteiger partial charge >= 0.3 is 0 Å². The molecule has 0 unspecified atom stereocenters. The Morgan fingerprint density at radius 3 is 2.53 bits per heavy atom. The monoisotopic (exact) mass is 473 g/mol. The normalized spacial score (nSPS) is 11.6. The summed E-state index contributed by atoms with van der Waals surface area (Å²) in [6.45, 7) is 4.38. The van der Waals surface area contributed by atoms with Crippen molar-refractivity contribution in [2.24, 2.45) is 0 Å². The molecule has 2 N–H and O–H groups in total. The summed E-state index contributed by atoms with van der Waals surface area (Å²) in [5.41, 5.74) is 1.08. The fraction of sp³-hybridized carbons (Fsp3) is 0.273. The van der Waals surface area contributed by atoms with Gasteiger partial charge in [-0.05, 0) is 50.2 Å². The van der Waals surface area contributed by atoms with Crippen molar-refractivity contribution in [3.8, 4) is 5.75 Å². The van der Waals surface area contributed by atoms with E-state index >= 15 is 0 Å². The fourth-order valence-corrected chi connectivity index (χ4v) is 4.04. The van der Waals surface area contributed by atoms with E-state index in [0.29, 0.717) is 33.8 Å². The van der Waals surface area contributed by atoms with E-state index < -0.39 is 6.04 Å². The third-order valence-electron chi connectivity index (χ3n) is 4.62. The van der Waals surface area contributed by atoms with Crippen molar-refractivity contribution in [1.82, 2.24) is 20.1 Å². The lowest BCUT2D eigenvalue weighted by Gasteiger charge is -2.15. The second-order valence-corrected chi connectivity index (χ2v) is 8.18. The Morgan fingerprint density at radius 1 is 1.16 bits per heavy atom. The number of amides is 2. The van der Waals surface area contributed by atoms with Crippen LogP contribution in [0, 0.1) is 0 Å². The number of thioether (sulfide) groups is 1. The van der Waals surface area contributed by atoms with Gasteiger partial charge in [0.15, 0.2) is 11.0 Å². The molecular weight excluding hydrogens is 450 g/mol. The van der Waals surface area contributed by atoms with E-state index in [4.69, 9.17) is 16.3 Å². The summed E-state index contributed by atoms with van der Waals surface area (Å²) >= 11 is 7.40. The molecular formula is C22H24ClN5O3S. The number of hydrogen-bond acceptors (Lipinski definition) is 6. The first-order valence-electron chi connectivity index (χ1n) is 9.98. The van der Waals surface area contributed by atoms with Crippen LogP contribution in [0.5, 0.6) is 5.75 Å². The number of rotatable bonds is 9. The Kier molecular flexibility index (Phi) is 8.13. The lowest BCUT2D eigenvalue weighted by atomic mass is 10.2. The van der Waals surface area contributed by atoms with Gasteiger partial charge in [0.25, 0.3) is 5.91 Å². The third-order valence-corrected chi connectivity index (χ3v) is 5.92. The summed E-state index contributed by atoms with van der Waals surface area (Å²) < 4.78 is 6.99. The van der Waals surface area contributed by atoms with E-state index in [9.17, 15) is 9.59 Å². The first-order chi connectivity index (χ1) is 15.4. The third kappa shape index (κ3) is 5.80. The molecule has 0 saturated heterocycles. The Labute approximate surface area is 195 Å².